The standard InChI is InChI=1S/C26H20FN5O2S/c1-34-24(33)19-9-7-17(8-10-19)16-35-26-30-25-29-22(18-5-3-2-4-6-18)15-23(32(25)31-26)28-21-13-11-20(27)12-14-21/h2-15,28H,16H2,1H3. The maximum Gasteiger partial charge on any atom is 0.337 e. The molecule has 0 aliphatic rings. The first kappa shape index (κ1) is 22.5. The quantitative estimate of drug-likeness (QED) is 0.232. The molecule has 2 aromatic heterocycles. The largest absolute Gasteiger partial charge is 0.465 e. The molecule has 0 aliphatic heterocycles. The van der Waals surface area contributed by atoms with Gasteiger partial charge in [-0.3, -0.25) is 0 Å². The van der Waals surface area contributed by atoms with Crippen LogP contribution in [0, 0.1) is 5.82 Å². The molecular formula is C26H20FN5O2S. The van der Waals surface area contributed by atoms with E-state index in [2.05, 4.69) is 15.4 Å². The van der Waals surface area contributed by atoms with Crippen LogP contribution in [0.25, 0.3) is 17.0 Å². The number of nitrogens with one attached hydrogen (secondary N) is 1. The molecule has 9 heteroatoms. The van der Waals surface area contributed by atoms with Gasteiger partial charge in [0.2, 0.25) is 5.16 Å². The van der Waals surface area contributed by atoms with Crippen LogP contribution in [-0.2, 0) is 10.5 Å². The molecule has 0 spiro atoms. The molecule has 0 saturated carbocycles. The van der Waals surface area contributed by atoms with E-state index in [9.17, 15) is 9.18 Å². The highest BCUT2D eigenvalue weighted by Crippen LogP contribution is 2.27. The lowest BCUT2D eigenvalue weighted by atomic mass is 10.1. The topological polar surface area (TPSA) is 81.4 Å². The summed E-state index contributed by atoms with van der Waals surface area (Å²) in [6.07, 6.45) is 0. The van der Waals surface area contributed by atoms with E-state index in [0.29, 0.717) is 33.8 Å². The van der Waals surface area contributed by atoms with Crippen molar-refractivity contribution in [3.63, 3.8) is 0 Å². The fourth-order valence-electron chi connectivity index (χ4n) is 3.44. The van der Waals surface area contributed by atoms with Gasteiger partial charge in [0.25, 0.3) is 5.78 Å². The van der Waals surface area contributed by atoms with Gasteiger partial charge in [-0.1, -0.05) is 54.2 Å². The van der Waals surface area contributed by atoms with Crippen molar-refractivity contribution >= 4 is 35.0 Å². The summed E-state index contributed by atoms with van der Waals surface area (Å²) >= 11 is 1.46. The molecule has 0 amide bonds. The maximum absolute atomic E-state index is 13.4. The number of aromatic nitrogens is 4. The van der Waals surface area contributed by atoms with Gasteiger partial charge < -0.3 is 10.1 Å². The third-order valence-corrected chi connectivity index (χ3v) is 6.13. The number of hydrogen-bond acceptors (Lipinski definition) is 7. The summed E-state index contributed by atoms with van der Waals surface area (Å²) in [5.74, 6) is 1.04. The van der Waals surface area contributed by atoms with Gasteiger partial charge in [0, 0.05) is 23.1 Å². The molecule has 7 nitrogen and oxygen atoms in total. The Kier molecular flexibility index (Phi) is 6.40. The summed E-state index contributed by atoms with van der Waals surface area (Å²) in [7, 11) is 1.36. The van der Waals surface area contributed by atoms with Crippen molar-refractivity contribution in [2.75, 3.05) is 12.4 Å². The number of fused-ring (bicyclic) bond motifs is 1. The van der Waals surface area contributed by atoms with E-state index in [0.717, 1.165) is 16.8 Å². The molecule has 35 heavy (non-hydrogen) atoms. The third-order valence-electron chi connectivity index (χ3n) is 5.22. The molecule has 0 fully saturated rings. The fraction of sp³-hybridized carbons (Fsp3) is 0.0769. The second-order valence-corrected chi connectivity index (χ2v) is 8.55. The van der Waals surface area contributed by atoms with Crippen molar-refractivity contribution in [2.45, 2.75) is 10.9 Å². The molecule has 0 atom stereocenters. The predicted molar refractivity (Wildman–Crippen MR) is 133 cm³/mol. The zero-order valence-electron chi connectivity index (χ0n) is 18.7. The lowest BCUT2D eigenvalue weighted by molar-refractivity contribution is 0.0600. The molecule has 1 N–H and O–H groups in total. The second kappa shape index (κ2) is 9.94. The number of esters is 1. The van der Waals surface area contributed by atoms with E-state index in [-0.39, 0.29) is 11.8 Å². The molecule has 5 rings (SSSR count). The van der Waals surface area contributed by atoms with Gasteiger partial charge in [0.05, 0.1) is 18.4 Å². The molecule has 5 aromatic rings. The van der Waals surface area contributed by atoms with Crippen molar-refractivity contribution in [1.29, 1.82) is 0 Å². The smallest absolute Gasteiger partial charge is 0.337 e. The summed E-state index contributed by atoms with van der Waals surface area (Å²) in [4.78, 5) is 21.0. The van der Waals surface area contributed by atoms with Crippen LogP contribution in [-0.4, -0.2) is 32.7 Å². The SMILES string of the molecule is COC(=O)c1ccc(CSc2nc3nc(-c4ccccc4)cc(Nc4ccc(F)cc4)n3n2)cc1. The van der Waals surface area contributed by atoms with Gasteiger partial charge in [0.15, 0.2) is 0 Å². The fourth-order valence-corrected chi connectivity index (χ4v) is 4.21. The Hall–Kier alpha value is -4.24. The van der Waals surface area contributed by atoms with E-state index in [1.165, 1.54) is 31.0 Å². The average molecular weight is 486 g/mol. The minimum atomic E-state index is -0.368. The first-order valence-electron chi connectivity index (χ1n) is 10.7. The highest BCUT2D eigenvalue weighted by molar-refractivity contribution is 7.98. The molecule has 174 valence electrons. The Morgan fingerprint density at radius 1 is 1.00 bits per heavy atom. The lowest BCUT2D eigenvalue weighted by Crippen LogP contribution is -2.02. The number of halogens is 1. The molecule has 0 aliphatic carbocycles. The predicted octanol–water partition coefficient (Wildman–Crippen LogP) is 5.75. The second-order valence-electron chi connectivity index (χ2n) is 7.61. The van der Waals surface area contributed by atoms with Crippen LogP contribution in [0.4, 0.5) is 15.9 Å². The Morgan fingerprint density at radius 2 is 1.74 bits per heavy atom. The van der Waals surface area contributed by atoms with Gasteiger partial charge >= 0.3 is 5.97 Å². The number of nitrogens with zero attached hydrogens (tertiary/aromatic N) is 4. The monoisotopic (exact) mass is 485 g/mol. The number of carbonyl (C=O) groups excluding carboxylic acids is 1. The number of benzene rings is 3. The van der Waals surface area contributed by atoms with E-state index >= 15 is 0 Å². The van der Waals surface area contributed by atoms with Crippen LogP contribution in [0.1, 0.15) is 15.9 Å². The highest BCUT2D eigenvalue weighted by atomic mass is 32.2. The summed E-state index contributed by atoms with van der Waals surface area (Å²) in [5.41, 5.74) is 3.92. The summed E-state index contributed by atoms with van der Waals surface area (Å²) in [6.45, 7) is 0. The van der Waals surface area contributed by atoms with Crippen molar-refractivity contribution in [3.05, 3.63) is 102 Å². The Balaban J connectivity index is 1.45. The summed E-state index contributed by atoms with van der Waals surface area (Å²) < 4.78 is 19.8. The summed E-state index contributed by atoms with van der Waals surface area (Å²) in [6, 6.07) is 25.0. The average Bonchev–Trinajstić information content (AvgIpc) is 3.32. The number of thioether (sulfide) groups is 1. The molecule has 0 unspecified atom stereocenters. The van der Waals surface area contributed by atoms with Gasteiger partial charge in [-0.15, -0.1) is 5.10 Å². The Bertz CT molecular complexity index is 1470. The van der Waals surface area contributed by atoms with E-state index < -0.39 is 0 Å². The number of hydrogen-bond donors (Lipinski definition) is 1. The molecule has 0 bridgehead atoms. The van der Waals surface area contributed by atoms with Crippen LogP contribution < -0.4 is 5.32 Å². The Morgan fingerprint density at radius 3 is 2.46 bits per heavy atom. The minimum Gasteiger partial charge on any atom is -0.465 e. The molecule has 0 saturated heterocycles. The van der Waals surface area contributed by atoms with Gasteiger partial charge in [-0.05, 0) is 42.0 Å². The number of ether oxygens (including phenoxy) is 1. The maximum atomic E-state index is 13.4. The highest BCUT2D eigenvalue weighted by Gasteiger charge is 2.14. The number of anilines is 2. The number of carbonyl (C=O) groups is 1. The van der Waals surface area contributed by atoms with E-state index in [1.54, 1.807) is 28.8 Å². The van der Waals surface area contributed by atoms with E-state index in [4.69, 9.17) is 9.72 Å². The molecular weight excluding hydrogens is 465 g/mol. The minimum absolute atomic E-state index is 0.306. The van der Waals surface area contributed by atoms with Crippen molar-refractivity contribution in [3.8, 4) is 11.3 Å². The Labute approximate surface area is 205 Å². The molecule has 3 aromatic carbocycles. The molecule has 2 heterocycles. The van der Waals surface area contributed by atoms with Crippen molar-refractivity contribution in [2.24, 2.45) is 0 Å². The lowest BCUT2D eigenvalue weighted by Gasteiger charge is -2.10. The third kappa shape index (κ3) is 5.15. The van der Waals surface area contributed by atoms with Crippen LogP contribution in [0.3, 0.4) is 0 Å². The zero-order valence-corrected chi connectivity index (χ0v) is 19.5. The first-order chi connectivity index (χ1) is 17.1. The van der Waals surface area contributed by atoms with Crippen LogP contribution in [0.2, 0.25) is 0 Å². The normalized spacial score (nSPS) is 10.9. The van der Waals surface area contributed by atoms with Gasteiger partial charge in [-0.25, -0.2) is 14.2 Å². The van der Waals surface area contributed by atoms with Gasteiger partial charge in [0.1, 0.15) is 11.6 Å². The zero-order chi connectivity index (χ0) is 24.2. The number of rotatable bonds is 7. The molecule has 0 radical (unpaired) electrons. The van der Waals surface area contributed by atoms with Crippen LogP contribution in [0.15, 0.2) is 90.1 Å². The van der Waals surface area contributed by atoms with Crippen LogP contribution in [0.5, 0.6) is 0 Å². The van der Waals surface area contributed by atoms with Crippen molar-refractivity contribution < 1.29 is 13.9 Å². The van der Waals surface area contributed by atoms with Crippen molar-refractivity contribution in [1.82, 2.24) is 19.6 Å². The van der Waals surface area contributed by atoms with Gasteiger partial charge in [-0.2, -0.15) is 9.50 Å². The van der Waals surface area contributed by atoms with Crippen LogP contribution >= 0.6 is 11.8 Å². The summed E-state index contributed by atoms with van der Waals surface area (Å²) in [5, 5.41) is 8.48. The number of methoxy groups -OCH3 is 1. The first-order valence-corrected chi connectivity index (χ1v) is 11.7. The van der Waals surface area contributed by atoms with E-state index in [1.807, 2.05) is 48.5 Å².